The lowest BCUT2D eigenvalue weighted by atomic mass is 9.84. The molecular weight excluding hydrogens is 462 g/mol. The van der Waals surface area contributed by atoms with Gasteiger partial charge in [0.2, 0.25) is 10.0 Å². The van der Waals surface area contributed by atoms with Crippen molar-refractivity contribution in [1.29, 1.82) is 0 Å². The average molecular weight is 496 g/mol. The largest absolute Gasteiger partial charge is 0.367 e. The zero-order valence-corrected chi connectivity index (χ0v) is 21.1. The predicted octanol–water partition coefficient (Wildman–Crippen LogP) is 4.47. The molecule has 3 aromatic heterocycles. The number of hydrogen-bond donors (Lipinski definition) is 3. The van der Waals surface area contributed by atoms with Crippen molar-refractivity contribution in [3.8, 4) is 0 Å². The van der Waals surface area contributed by atoms with Crippen molar-refractivity contribution in [2.24, 2.45) is 0 Å². The Morgan fingerprint density at radius 1 is 1.17 bits per heavy atom. The molecule has 1 saturated carbocycles. The number of fused-ring (bicyclic) bond motifs is 3. The minimum absolute atomic E-state index is 0.0618. The van der Waals surface area contributed by atoms with Gasteiger partial charge in [0.15, 0.2) is 5.82 Å². The number of aryl methyl sites for hydroxylation is 1. The molecule has 1 aliphatic carbocycles. The summed E-state index contributed by atoms with van der Waals surface area (Å²) in [5.74, 6) is 2.15. The molecule has 2 aliphatic heterocycles. The molecule has 9 nitrogen and oxygen atoms in total. The number of aromatic nitrogens is 4. The van der Waals surface area contributed by atoms with E-state index >= 15 is 0 Å². The Balaban J connectivity index is 1.27. The van der Waals surface area contributed by atoms with E-state index in [1.165, 1.54) is 0 Å². The second-order valence-electron chi connectivity index (χ2n) is 10.4. The Hall–Kier alpha value is -2.72. The van der Waals surface area contributed by atoms with Gasteiger partial charge >= 0.3 is 0 Å². The van der Waals surface area contributed by atoms with Crippen LogP contribution in [0.15, 0.2) is 30.5 Å². The van der Waals surface area contributed by atoms with Crippen molar-refractivity contribution in [3.05, 3.63) is 36.2 Å². The predicted molar refractivity (Wildman–Crippen MR) is 137 cm³/mol. The molecule has 0 radical (unpaired) electrons. The summed E-state index contributed by atoms with van der Waals surface area (Å²) in [6.45, 7) is 3.97. The fraction of sp³-hybridized carbons (Fsp3) is 0.560. The van der Waals surface area contributed by atoms with Crippen LogP contribution in [-0.2, 0) is 10.0 Å². The van der Waals surface area contributed by atoms with Crippen LogP contribution in [0, 0.1) is 6.92 Å². The van der Waals surface area contributed by atoms with Gasteiger partial charge in [0.05, 0.1) is 10.3 Å². The zero-order valence-electron chi connectivity index (χ0n) is 20.3. The highest BCUT2D eigenvalue weighted by Gasteiger charge is 2.59. The van der Waals surface area contributed by atoms with Crippen LogP contribution in [-0.4, -0.2) is 55.8 Å². The standard InChI is InChI=1S/C25H33N7O2S/c1-3-25(9-10-25)35(33,34)32-18-6-4-7-19(32)14-17(13-18)27-24-20-8-5-11-26-21(20)15-22(29-24)28-23-12-16(2)30-31-23/h5,8,11-12,15,17-19H,3-4,6-7,9-10,13-14H2,1-2H3,(H3,27,28,29,30,31)/t17?,18-,19+. The second-order valence-corrected chi connectivity index (χ2v) is 12.6. The number of nitrogens with one attached hydrogen (secondary N) is 3. The fourth-order valence-electron chi connectivity index (χ4n) is 6.06. The zero-order chi connectivity index (χ0) is 24.2. The third kappa shape index (κ3) is 3.96. The lowest BCUT2D eigenvalue weighted by molar-refractivity contribution is 0.114. The van der Waals surface area contributed by atoms with Gasteiger partial charge in [-0.05, 0) is 64.0 Å². The maximum absolute atomic E-state index is 13.6. The number of sulfonamides is 1. The maximum Gasteiger partial charge on any atom is 0.220 e. The van der Waals surface area contributed by atoms with Crippen molar-refractivity contribution in [2.45, 2.75) is 88.1 Å². The van der Waals surface area contributed by atoms with E-state index in [0.29, 0.717) is 18.1 Å². The summed E-state index contributed by atoms with van der Waals surface area (Å²) in [5.41, 5.74) is 1.81. The highest BCUT2D eigenvalue weighted by atomic mass is 32.2. The molecule has 186 valence electrons. The van der Waals surface area contributed by atoms with Gasteiger partial charge in [-0.3, -0.25) is 10.1 Å². The number of anilines is 3. The van der Waals surface area contributed by atoms with Gasteiger partial charge in [-0.15, -0.1) is 0 Å². The minimum atomic E-state index is -3.27. The second kappa shape index (κ2) is 8.44. The Morgan fingerprint density at radius 3 is 2.60 bits per heavy atom. The van der Waals surface area contributed by atoms with Crippen molar-refractivity contribution in [1.82, 2.24) is 24.5 Å². The van der Waals surface area contributed by atoms with Crippen molar-refractivity contribution >= 4 is 38.4 Å². The number of rotatable bonds is 7. The van der Waals surface area contributed by atoms with Crippen molar-refractivity contribution < 1.29 is 8.42 Å². The third-order valence-corrected chi connectivity index (χ3v) is 11.0. The molecule has 10 heteroatoms. The maximum atomic E-state index is 13.6. The van der Waals surface area contributed by atoms with Gasteiger partial charge < -0.3 is 10.6 Å². The molecule has 3 aliphatic rings. The molecule has 3 fully saturated rings. The average Bonchev–Trinajstić information content (AvgIpc) is 3.55. The summed E-state index contributed by atoms with van der Waals surface area (Å²) in [6.07, 6.45) is 8.68. The number of aromatic amines is 1. The number of pyridine rings is 2. The first-order valence-electron chi connectivity index (χ1n) is 12.7. The van der Waals surface area contributed by atoms with Crippen LogP contribution in [0.2, 0.25) is 0 Å². The first kappa shape index (κ1) is 22.7. The molecule has 3 aromatic rings. The quantitative estimate of drug-likeness (QED) is 0.443. The van der Waals surface area contributed by atoms with Crippen LogP contribution < -0.4 is 10.6 Å². The van der Waals surface area contributed by atoms with Crippen LogP contribution in [0.1, 0.15) is 64.0 Å². The lowest BCUT2D eigenvalue weighted by Gasteiger charge is -2.49. The van der Waals surface area contributed by atoms with Crippen LogP contribution in [0.4, 0.5) is 17.5 Å². The van der Waals surface area contributed by atoms with Gasteiger partial charge in [-0.2, -0.15) is 9.40 Å². The van der Waals surface area contributed by atoms with E-state index in [2.05, 4.69) is 25.8 Å². The van der Waals surface area contributed by atoms with Crippen molar-refractivity contribution in [3.63, 3.8) is 0 Å². The summed E-state index contributed by atoms with van der Waals surface area (Å²) >= 11 is 0. The Labute approximate surface area is 206 Å². The van der Waals surface area contributed by atoms with E-state index in [0.717, 1.165) is 67.4 Å². The number of piperidine rings is 2. The molecule has 0 amide bonds. The van der Waals surface area contributed by atoms with E-state index in [9.17, 15) is 8.42 Å². The highest BCUT2D eigenvalue weighted by molar-refractivity contribution is 7.90. The SMILES string of the molecule is CCC1(S(=O)(=O)N2[C@@H]3CCC[C@H]2CC(Nc2nc(Nc4cc(C)[nH]n4)cc4ncccc24)C3)CC1. The monoisotopic (exact) mass is 495 g/mol. The summed E-state index contributed by atoms with van der Waals surface area (Å²) in [6, 6.07) is 8.08. The highest BCUT2D eigenvalue weighted by Crippen LogP contribution is 2.51. The fourth-order valence-corrected chi connectivity index (χ4v) is 8.66. The van der Waals surface area contributed by atoms with Gasteiger partial charge in [-0.25, -0.2) is 13.4 Å². The molecule has 5 heterocycles. The smallest absolute Gasteiger partial charge is 0.220 e. The van der Waals surface area contributed by atoms with Gasteiger partial charge in [0.25, 0.3) is 0 Å². The van der Waals surface area contributed by atoms with E-state index in [1.54, 1.807) is 6.20 Å². The van der Waals surface area contributed by atoms with Gasteiger partial charge in [-0.1, -0.05) is 13.3 Å². The first-order chi connectivity index (χ1) is 16.9. The van der Waals surface area contributed by atoms with Gasteiger partial charge in [0, 0.05) is 47.5 Å². The summed E-state index contributed by atoms with van der Waals surface area (Å²) < 4.78 is 28.7. The molecular formula is C25H33N7O2S. The molecule has 3 N–H and O–H groups in total. The number of nitrogens with zero attached hydrogens (tertiary/aromatic N) is 4. The Bertz CT molecular complexity index is 1340. The van der Waals surface area contributed by atoms with Crippen LogP contribution >= 0.6 is 0 Å². The van der Waals surface area contributed by atoms with Crippen LogP contribution in [0.3, 0.4) is 0 Å². The molecule has 2 bridgehead atoms. The van der Waals surface area contributed by atoms with E-state index < -0.39 is 14.8 Å². The molecule has 35 heavy (non-hydrogen) atoms. The van der Waals surface area contributed by atoms with Crippen LogP contribution in [0.25, 0.3) is 10.9 Å². The Morgan fingerprint density at radius 2 is 1.94 bits per heavy atom. The summed E-state index contributed by atoms with van der Waals surface area (Å²) in [4.78, 5) is 9.43. The molecule has 2 saturated heterocycles. The summed E-state index contributed by atoms with van der Waals surface area (Å²) in [5, 5.41) is 15.1. The minimum Gasteiger partial charge on any atom is -0.367 e. The first-order valence-corrected chi connectivity index (χ1v) is 14.2. The molecule has 3 atom stereocenters. The number of H-pyrrole nitrogens is 1. The molecule has 6 rings (SSSR count). The lowest BCUT2D eigenvalue weighted by Crippen LogP contribution is -2.59. The number of hydrogen-bond acceptors (Lipinski definition) is 7. The van der Waals surface area contributed by atoms with Gasteiger partial charge in [0.1, 0.15) is 11.6 Å². The topological polar surface area (TPSA) is 116 Å². The van der Waals surface area contributed by atoms with Crippen molar-refractivity contribution in [2.75, 3.05) is 10.6 Å². The van der Waals surface area contributed by atoms with E-state index in [4.69, 9.17) is 4.98 Å². The Kier molecular flexibility index (Phi) is 5.48. The molecule has 1 unspecified atom stereocenters. The van der Waals surface area contributed by atoms with Crippen LogP contribution in [0.5, 0.6) is 0 Å². The van der Waals surface area contributed by atoms with E-state index in [-0.39, 0.29) is 18.1 Å². The normalized spacial score (nSPS) is 25.9. The molecule has 0 spiro atoms. The third-order valence-electron chi connectivity index (χ3n) is 8.09. The van der Waals surface area contributed by atoms with E-state index in [1.807, 2.05) is 42.4 Å². The summed E-state index contributed by atoms with van der Waals surface area (Å²) in [7, 11) is -3.27. The molecule has 0 aromatic carbocycles.